The van der Waals surface area contributed by atoms with Crippen LogP contribution in [0.15, 0.2) is 18.2 Å². The first-order valence-electron chi connectivity index (χ1n) is 5.98. The van der Waals surface area contributed by atoms with Gasteiger partial charge in [-0.05, 0) is 38.5 Å². The fourth-order valence-electron chi connectivity index (χ4n) is 1.42. The molecule has 4 heteroatoms. The zero-order chi connectivity index (χ0) is 13.7. The predicted octanol–water partition coefficient (Wildman–Crippen LogP) is 2.25. The molecular formula is C14H21NO3. The molecule has 1 aromatic rings. The summed E-state index contributed by atoms with van der Waals surface area (Å²) in [5.41, 5.74) is 1.09. The third kappa shape index (κ3) is 3.65. The molecule has 0 radical (unpaired) electrons. The summed E-state index contributed by atoms with van der Waals surface area (Å²) in [6, 6.07) is 5.79. The second-order valence-electron chi connectivity index (χ2n) is 4.54. The fourth-order valence-corrected chi connectivity index (χ4v) is 1.42. The highest BCUT2D eigenvalue weighted by Gasteiger charge is 2.13. The first-order valence-corrected chi connectivity index (χ1v) is 5.98. The van der Waals surface area contributed by atoms with Crippen LogP contribution in [0.25, 0.3) is 0 Å². The van der Waals surface area contributed by atoms with Crippen LogP contribution >= 0.6 is 0 Å². The lowest BCUT2D eigenvalue weighted by molar-refractivity contribution is -0.133. The summed E-state index contributed by atoms with van der Waals surface area (Å²) >= 11 is 0. The molecule has 1 aromatic carbocycles. The molecule has 0 saturated heterocycles. The second kappa shape index (κ2) is 6.28. The van der Waals surface area contributed by atoms with E-state index in [2.05, 4.69) is 0 Å². The molecular weight excluding hydrogens is 230 g/mol. The second-order valence-corrected chi connectivity index (χ2v) is 4.54. The van der Waals surface area contributed by atoms with Crippen LogP contribution in [-0.2, 0) is 4.79 Å². The number of nitrogens with zero attached hydrogens (tertiary/aromatic N) is 1. The monoisotopic (exact) mass is 251 g/mol. The molecule has 0 atom stereocenters. The van der Waals surface area contributed by atoms with Gasteiger partial charge < -0.3 is 14.4 Å². The van der Waals surface area contributed by atoms with Crippen LogP contribution in [0.3, 0.4) is 0 Å². The minimum Gasteiger partial charge on any atom is -0.493 e. The number of carbonyl (C=O) groups excluding carboxylic acids is 1. The van der Waals surface area contributed by atoms with Crippen molar-refractivity contribution in [1.82, 2.24) is 4.90 Å². The van der Waals surface area contributed by atoms with Crippen molar-refractivity contribution in [2.75, 3.05) is 20.8 Å². The number of aryl methyl sites for hydroxylation is 1. The maximum atomic E-state index is 11.8. The molecule has 0 bridgehead atoms. The van der Waals surface area contributed by atoms with Gasteiger partial charge in [-0.3, -0.25) is 4.79 Å². The van der Waals surface area contributed by atoms with Crippen molar-refractivity contribution in [3.8, 4) is 11.5 Å². The summed E-state index contributed by atoms with van der Waals surface area (Å²) in [6.07, 6.45) is 0. The highest BCUT2D eigenvalue weighted by Crippen LogP contribution is 2.27. The molecule has 18 heavy (non-hydrogen) atoms. The van der Waals surface area contributed by atoms with Gasteiger partial charge in [0.15, 0.2) is 18.1 Å². The van der Waals surface area contributed by atoms with E-state index in [0.29, 0.717) is 11.5 Å². The lowest BCUT2D eigenvalue weighted by Crippen LogP contribution is -2.36. The van der Waals surface area contributed by atoms with E-state index in [1.807, 2.05) is 39.0 Å². The quantitative estimate of drug-likeness (QED) is 0.805. The SMILES string of the molecule is COc1cc(C)ccc1OCC(=O)N(C)C(C)C. The van der Waals surface area contributed by atoms with Crippen LogP contribution in [-0.4, -0.2) is 37.6 Å². The van der Waals surface area contributed by atoms with Crippen molar-refractivity contribution >= 4 is 5.91 Å². The number of benzene rings is 1. The average molecular weight is 251 g/mol. The normalized spacial score (nSPS) is 10.3. The van der Waals surface area contributed by atoms with E-state index in [0.717, 1.165) is 5.56 Å². The van der Waals surface area contributed by atoms with Crippen LogP contribution in [0.5, 0.6) is 11.5 Å². The third-order valence-corrected chi connectivity index (χ3v) is 2.84. The highest BCUT2D eigenvalue weighted by molar-refractivity contribution is 5.77. The van der Waals surface area contributed by atoms with Crippen molar-refractivity contribution < 1.29 is 14.3 Å². The number of ether oxygens (including phenoxy) is 2. The standard InChI is InChI=1S/C14H21NO3/c1-10(2)15(4)14(16)9-18-12-7-6-11(3)8-13(12)17-5/h6-8,10H,9H2,1-5H3. The number of likely N-dealkylation sites (N-methyl/N-ethyl adjacent to an activating group) is 1. The van der Waals surface area contributed by atoms with Gasteiger partial charge in [0, 0.05) is 13.1 Å². The molecule has 100 valence electrons. The summed E-state index contributed by atoms with van der Waals surface area (Å²) < 4.78 is 10.7. The number of carbonyl (C=O) groups is 1. The van der Waals surface area contributed by atoms with Gasteiger partial charge in [0.05, 0.1) is 7.11 Å². The zero-order valence-electron chi connectivity index (χ0n) is 11.7. The Labute approximate surface area is 108 Å². The lowest BCUT2D eigenvalue weighted by Gasteiger charge is -2.21. The van der Waals surface area contributed by atoms with E-state index < -0.39 is 0 Å². The maximum Gasteiger partial charge on any atom is 0.260 e. The predicted molar refractivity (Wildman–Crippen MR) is 71.1 cm³/mol. The molecule has 0 spiro atoms. The molecule has 0 saturated carbocycles. The molecule has 4 nitrogen and oxygen atoms in total. The van der Waals surface area contributed by atoms with E-state index in [9.17, 15) is 4.79 Å². The topological polar surface area (TPSA) is 38.8 Å². The van der Waals surface area contributed by atoms with Crippen LogP contribution in [0.2, 0.25) is 0 Å². The number of amides is 1. The van der Waals surface area contributed by atoms with Crippen LogP contribution in [0, 0.1) is 6.92 Å². The van der Waals surface area contributed by atoms with Gasteiger partial charge in [0.2, 0.25) is 0 Å². The molecule has 0 unspecified atom stereocenters. The smallest absolute Gasteiger partial charge is 0.260 e. The van der Waals surface area contributed by atoms with E-state index >= 15 is 0 Å². The maximum absolute atomic E-state index is 11.8. The molecule has 0 fully saturated rings. The van der Waals surface area contributed by atoms with Crippen LogP contribution in [0.1, 0.15) is 19.4 Å². The molecule has 0 N–H and O–H groups in total. The number of methoxy groups -OCH3 is 1. The Balaban J connectivity index is 2.66. The molecule has 1 amide bonds. The van der Waals surface area contributed by atoms with E-state index in [-0.39, 0.29) is 18.6 Å². The van der Waals surface area contributed by atoms with Gasteiger partial charge in [-0.25, -0.2) is 0 Å². The van der Waals surface area contributed by atoms with Crippen molar-refractivity contribution in [2.24, 2.45) is 0 Å². The van der Waals surface area contributed by atoms with Crippen molar-refractivity contribution in [3.63, 3.8) is 0 Å². The lowest BCUT2D eigenvalue weighted by atomic mass is 10.2. The average Bonchev–Trinajstić information content (AvgIpc) is 2.35. The molecule has 1 rings (SSSR count). The Morgan fingerprint density at radius 1 is 1.33 bits per heavy atom. The largest absolute Gasteiger partial charge is 0.493 e. The van der Waals surface area contributed by atoms with Crippen LogP contribution in [0.4, 0.5) is 0 Å². The first-order chi connectivity index (χ1) is 8.45. The fraction of sp³-hybridized carbons (Fsp3) is 0.500. The summed E-state index contributed by atoms with van der Waals surface area (Å²) in [5.74, 6) is 1.19. The Hall–Kier alpha value is -1.71. The van der Waals surface area contributed by atoms with Gasteiger partial charge >= 0.3 is 0 Å². The Morgan fingerprint density at radius 2 is 2.00 bits per heavy atom. The highest BCUT2D eigenvalue weighted by atomic mass is 16.5. The Kier molecular flexibility index (Phi) is 5.01. The van der Waals surface area contributed by atoms with Crippen molar-refractivity contribution in [3.05, 3.63) is 23.8 Å². The molecule has 0 aromatic heterocycles. The molecule has 0 aliphatic rings. The Bertz CT molecular complexity index is 416. The van der Waals surface area contributed by atoms with Crippen molar-refractivity contribution in [2.45, 2.75) is 26.8 Å². The number of hydrogen-bond donors (Lipinski definition) is 0. The molecule has 0 heterocycles. The summed E-state index contributed by atoms with van der Waals surface area (Å²) in [5, 5.41) is 0. The summed E-state index contributed by atoms with van der Waals surface area (Å²) in [6.45, 7) is 5.92. The Morgan fingerprint density at radius 3 is 2.56 bits per heavy atom. The van der Waals surface area contributed by atoms with E-state index in [1.165, 1.54) is 0 Å². The number of rotatable bonds is 5. The zero-order valence-corrected chi connectivity index (χ0v) is 11.7. The van der Waals surface area contributed by atoms with E-state index in [4.69, 9.17) is 9.47 Å². The molecule has 0 aliphatic carbocycles. The third-order valence-electron chi connectivity index (χ3n) is 2.84. The van der Waals surface area contributed by atoms with E-state index in [1.54, 1.807) is 19.1 Å². The van der Waals surface area contributed by atoms with Gasteiger partial charge in [0.1, 0.15) is 0 Å². The van der Waals surface area contributed by atoms with Gasteiger partial charge in [-0.1, -0.05) is 6.07 Å². The minimum absolute atomic E-state index is 0.0219. The van der Waals surface area contributed by atoms with Gasteiger partial charge in [0.25, 0.3) is 5.91 Å². The minimum atomic E-state index is -0.0485. The summed E-state index contributed by atoms with van der Waals surface area (Å²) in [7, 11) is 3.35. The summed E-state index contributed by atoms with van der Waals surface area (Å²) in [4.78, 5) is 13.4. The van der Waals surface area contributed by atoms with Gasteiger partial charge in [-0.15, -0.1) is 0 Å². The first kappa shape index (κ1) is 14.4. The number of hydrogen-bond acceptors (Lipinski definition) is 3. The molecule has 0 aliphatic heterocycles. The van der Waals surface area contributed by atoms with Crippen molar-refractivity contribution in [1.29, 1.82) is 0 Å². The van der Waals surface area contributed by atoms with Crippen LogP contribution < -0.4 is 9.47 Å². The van der Waals surface area contributed by atoms with Gasteiger partial charge in [-0.2, -0.15) is 0 Å².